The number of nitrogens with one attached hydrogen (secondary N) is 1. The van der Waals surface area contributed by atoms with Crippen LogP contribution in [0.15, 0.2) is 82.3 Å². The van der Waals surface area contributed by atoms with E-state index in [4.69, 9.17) is 4.42 Å². The molecule has 0 spiro atoms. The summed E-state index contributed by atoms with van der Waals surface area (Å²) in [6, 6.07) is 14.5. The number of alkyl halides is 3. The van der Waals surface area contributed by atoms with E-state index < -0.39 is 16.4 Å². The smallest absolute Gasteiger partial charge is 0.468 e. The van der Waals surface area contributed by atoms with Crippen LogP contribution in [0.5, 0.6) is 5.75 Å². The second kappa shape index (κ2) is 10.6. The molecule has 0 aliphatic carbocycles. The maximum Gasteiger partial charge on any atom is 0.573 e. The van der Waals surface area contributed by atoms with E-state index in [1.807, 2.05) is 0 Å². The van der Waals surface area contributed by atoms with Gasteiger partial charge in [-0.1, -0.05) is 24.3 Å². The van der Waals surface area contributed by atoms with Gasteiger partial charge in [0.25, 0.3) is 0 Å². The van der Waals surface area contributed by atoms with Crippen molar-refractivity contribution in [2.24, 2.45) is 0 Å². The molecule has 1 N–H and O–H groups in total. The van der Waals surface area contributed by atoms with E-state index in [1.165, 1.54) is 59.7 Å². The van der Waals surface area contributed by atoms with E-state index in [-0.39, 0.29) is 29.6 Å². The number of amides is 1. The standard InChI is InChI=1S/C23H21F3N2O5S/c1-28(16-18-4-9-19(10-5-18)33-23(24,25)26)22(29)13-8-17-6-11-21(12-7-17)34(30,31)27-15-20-3-2-14-32-20/h2-14,27H,15-16H2,1H3/b13-8+. The molecule has 11 heteroatoms. The summed E-state index contributed by atoms with van der Waals surface area (Å²) in [6.45, 7) is 0.198. The van der Waals surface area contributed by atoms with Crippen LogP contribution in [0.1, 0.15) is 16.9 Å². The predicted octanol–water partition coefficient (Wildman–Crippen LogP) is 4.33. The molecule has 1 heterocycles. The van der Waals surface area contributed by atoms with Crippen LogP contribution in [0, 0.1) is 0 Å². The van der Waals surface area contributed by atoms with Crippen LogP contribution in [-0.4, -0.2) is 32.6 Å². The summed E-state index contributed by atoms with van der Waals surface area (Å²) in [7, 11) is -2.18. The second-order valence-corrected chi connectivity index (χ2v) is 8.96. The van der Waals surface area contributed by atoms with Gasteiger partial charge in [0.1, 0.15) is 11.5 Å². The molecular formula is C23H21F3N2O5S. The summed E-state index contributed by atoms with van der Waals surface area (Å²) < 4.78 is 72.8. The normalized spacial score (nSPS) is 12.1. The van der Waals surface area contributed by atoms with Gasteiger partial charge in [-0.25, -0.2) is 13.1 Å². The Balaban J connectivity index is 1.54. The number of ether oxygens (including phenoxy) is 1. The van der Waals surface area contributed by atoms with Gasteiger partial charge in [0, 0.05) is 19.7 Å². The van der Waals surface area contributed by atoms with E-state index >= 15 is 0 Å². The van der Waals surface area contributed by atoms with Crippen molar-refractivity contribution >= 4 is 22.0 Å². The van der Waals surface area contributed by atoms with Gasteiger partial charge in [0.2, 0.25) is 15.9 Å². The van der Waals surface area contributed by atoms with E-state index in [2.05, 4.69) is 9.46 Å². The Morgan fingerprint density at radius 1 is 1.09 bits per heavy atom. The molecule has 1 amide bonds. The topological polar surface area (TPSA) is 88.8 Å². The molecule has 180 valence electrons. The fraction of sp³-hybridized carbons (Fsp3) is 0.174. The van der Waals surface area contributed by atoms with Crippen molar-refractivity contribution in [1.29, 1.82) is 0 Å². The van der Waals surface area contributed by atoms with Crippen molar-refractivity contribution in [2.45, 2.75) is 24.3 Å². The quantitative estimate of drug-likeness (QED) is 0.448. The van der Waals surface area contributed by atoms with Crippen LogP contribution < -0.4 is 9.46 Å². The first-order valence-electron chi connectivity index (χ1n) is 9.92. The van der Waals surface area contributed by atoms with Crippen LogP contribution in [-0.2, 0) is 27.9 Å². The largest absolute Gasteiger partial charge is 0.573 e. The minimum absolute atomic E-state index is 0.0237. The lowest BCUT2D eigenvalue weighted by Gasteiger charge is -2.16. The van der Waals surface area contributed by atoms with Crippen molar-refractivity contribution in [3.05, 3.63) is 89.9 Å². The minimum Gasteiger partial charge on any atom is -0.468 e. The molecule has 0 atom stereocenters. The lowest BCUT2D eigenvalue weighted by molar-refractivity contribution is -0.274. The van der Waals surface area contributed by atoms with E-state index in [1.54, 1.807) is 31.3 Å². The third-order valence-corrected chi connectivity index (χ3v) is 6.00. The maximum atomic E-state index is 12.4. The predicted molar refractivity (Wildman–Crippen MR) is 118 cm³/mol. The molecule has 2 aromatic carbocycles. The van der Waals surface area contributed by atoms with Crippen molar-refractivity contribution in [2.75, 3.05) is 7.05 Å². The van der Waals surface area contributed by atoms with Crippen LogP contribution in [0.3, 0.4) is 0 Å². The minimum atomic E-state index is -4.77. The number of benzene rings is 2. The van der Waals surface area contributed by atoms with Gasteiger partial charge in [-0.05, 0) is 53.6 Å². The number of rotatable bonds is 9. The molecule has 7 nitrogen and oxygen atoms in total. The summed E-state index contributed by atoms with van der Waals surface area (Å²) in [5, 5.41) is 0. The first-order valence-corrected chi connectivity index (χ1v) is 11.4. The molecule has 0 fully saturated rings. The Hall–Kier alpha value is -3.57. The molecule has 34 heavy (non-hydrogen) atoms. The summed E-state index contributed by atoms with van der Waals surface area (Å²) >= 11 is 0. The highest BCUT2D eigenvalue weighted by atomic mass is 32.2. The number of carbonyl (C=O) groups excluding carboxylic acids is 1. The van der Waals surface area contributed by atoms with E-state index in [0.29, 0.717) is 16.9 Å². The highest BCUT2D eigenvalue weighted by Crippen LogP contribution is 2.23. The molecule has 0 unspecified atom stereocenters. The van der Waals surface area contributed by atoms with Gasteiger partial charge >= 0.3 is 6.36 Å². The lowest BCUT2D eigenvalue weighted by atomic mass is 10.2. The first kappa shape index (κ1) is 25.1. The van der Waals surface area contributed by atoms with E-state index in [9.17, 15) is 26.4 Å². The summed E-state index contributed by atoms with van der Waals surface area (Å²) in [6.07, 6.45) is -0.462. The molecule has 0 bridgehead atoms. The molecule has 1 aromatic heterocycles. The number of halogens is 3. The summed E-state index contributed by atoms with van der Waals surface area (Å²) in [5.41, 5.74) is 1.23. The molecule has 0 aliphatic heterocycles. The van der Waals surface area contributed by atoms with Gasteiger partial charge in [0.05, 0.1) is 17.7 Å². The van der Waals surface area contributed by atoms with Crippen molar-refractivity contribution in [1.82, 2.24) is 9.62 Å². The summed E-state index contributed by atoms with van der Waals surface area (Å²) in [5.74, 6) is -0.199. The van der Waals surface area contributed by atoms with Crippen LogP contribution in [0.25, 0.3) is 6.08 Å². The van der Waals surface area contributed by atoms with Crippen molar-refractivity contribution in [3.63, 3.8) is 0 Å². The second-order valence-electron chi connectivity index (χ2n) is 7.19. The lowest BCUT2D eigenvalue weighted by Crippen LogP contribution is -2.24. The monoisotopic (exact) mass is 494 g/mol. The zero-order chi connectivity index (χ0) is 24.8. The van der Waals surface area contributed by atoms with Gasteiger partial charge in [-0.15, -0.1) is 13.2 Å². The Morgan fingerprint density at radius 3 is 2.35 bits per heavy atom. The molecule has 3 aromatic rings. The SMILES string of the molecule is CN(Cc1ccc(OC(F)(F)F)cc1)C(=O)/C=C/c1ccc(S(=O)(=O)NCc2ccco2)cc1. The Labute approximate surface area is 194 Å². The number of likely N-dealkylation sites (N-methyl/N-ethyl adjacent to an activating group) is 1. The maximum absolute atomic E-state index is 12.4. The first-order chi connectivity index (χ1) is 16.0. The number of sulfonamides is 1. The molecule has 0 radical (unpaired) electrons. The summed E-state index contributed by atoms with van der Waals surface area (Å²) in [4.78, 5) is 13.8. The van der Waals surface area contributed by atoms with Gasteiger partial charge in [-0.3, -0.25) is 4.79 Å². The van der Waals surface area contributed by atoms with Gasteiger partial charge in [0.15, 0.2) is 0 Å². The molecule has 0 saturated carbocycles. The molecular weight excluding hydrogens is 473 g/mol. The van der Waals surface area contributed by atoms with Crippen molar-refractivity contribution in [3.8, 4) is 5.75 Å². The molecule has 0 aliphatic rings. The zero-order valence-electron chi connectivity index (χ0n) is 18.0. The Bertz CT molecular complexity index is 1220. The molecule has 0 saturated heterocycles. The van der Waals surface area contributed by atoms with Gasteiger partial charge in [-0.2, -0.15) is 0 Å². The van der Waals surface area contributed by atoms with Crippen molar-refractivity contribution < 1.29 is 35.5 Å². The number of carbonyl (C=O) groups is 1. The van der Waals surface area contributed by atoms with Crippen LogP contribution >= 0.6 is 0 Å². The number of furan rings is 1. The van der Waals surface area contributed by atoms with E-state index in [0.717, 1.165) is 0 Å². The number of nitrogens with zero attached hydrogens (tertiary/aromatic N) is 1. The average molecular weight is 494 g/mol. The van der Waals surface area contributed by atoms with Gasteiger partial charge < -0.3 is 14.1 Å². The third-order valence-electron chi connectivity index (χ3n) is 4.58. The fourth-order valence-electron chi connectivity index (χ4n) is 2.86. The van der Waals surface area contributed by atoms with Crippen LogP contribution in [0.2, 0.25) is 0 Å². The van der Waals surface area contributed by atoms with Crippen LogP contribution in [0.4, 0.5) is 13.2 Å². The number of hydrogen-bond acceptors (Lipinski definition) is 5. The fourth-order valence-corrected chi connectivity index (χ4v) is 3.86. The highest BCUT2D eigenvalue weighted by Gasteiger charge is 2.30. The number of hydrogen-bond donors (Lipinski definition) is 1. The zero-order valence-corrected chi connectivity index (χ0v) is 18.8. The Kier molecular flexibility index (Phi) is 7.79. The average Bonchev–Trinajstić information content (AvgIpc) is 3.30. The third kappa shape index (κ3) is 7.49. The Morgan fingerprint density at radius 2 is 1.76 bits per heavy atom. The molecule has 3 rings (SSSR count). The highest BCUT2D eigenvalue weighted by molar-refractivity contribution is 7.89.